The Morgan fingerprint density at radius 1 is 0.467 bits per heavy atom. The van der Waals surface area contributed by atoms with Crippen molar-refractivity contribution in [3.63, 3.8) is 0 Å². The van der Waals surface area contributed by atoms with Crippen LogP contribution < -0.4 is 0 Å². The molecule has 210 valence electrons. The van der Waals surface area contributed by atoms with E-state index >= 15 is 0 Å². The Kier molecular flexibility index (Phi) is 5.92. The lowest BCUT2D eigenvalue weighted by Crippen LogP contribution is -1.91. The molecule has 0 atom stereocenters. The maximum atomic E-state index is 5.17. The molecule has 8 aromatic rings. The summed E-state index contributed by atoms with van der Waals surface area (Å²) in [6.45, 7) is 0. The second kappa shape index (κ2) is 10.4. The SMILES string of the molecule is C1=C(c2ccccc2)Cc2ccc(-c3cccc(-c4ccc(-c5ccc6ccc7cccnc7c6n5)c5ccccc45)c3)cc21. The lowest BCUT2D eigenvalue weighted by molar-refractivity contribution is 1.32. The quantitative estimate of drug-likeness (QED) is 0.196. The molecule has 9 rings (SSSR count). The standard InChI is InChI=1S/C43H28N2/c1-2-8-28(9-3-1)35-26-33-18-17-32(25-36(33)27-35)31-10-6-11-34(24-31)37-20-21-40(39-14-5-4-13-38(37)39)41-22-19-30-16-15-29-12-7-23-44-42(29)43(30)45-41/h1-25,27H,26H2. The molecule has 1 aliphatic carbocycles. The average Bonchev–Trinajstić information content (AvgIpc) is 3.55. The van der Waals surface area contributed by atoms with Crippen molar-refractivity contribution in [2.24, 2.45) is 0 Å². The highest BCUT2D eigenvalue weighted by molar-refractivity contribution is 6.07. The first-order valence-electron chi connectivity index (χ1n) is 15.4. The van der Waals surface area contributed by atoms with Gasteiger partial charge in [0.1, 0.15) is 0 Å². The fourth-order valence-electron chi connectivity index (χ4n) is 6.87. The number of hydrogen-bond donors (Lipinski definition) is 0. The predicted molar refractivity (Wildman–Crippen MR) is 189 cm³/mol. The van der Waals surface area contributed by atoms with Gasteiger partial charge in [-0.25, -0.2) is 4.98 Å². The molecule has 2 heteroatoms. The summed E-state index contributed by atoms with van der Waals surface area (Å²) in [6.07, 6.45) is 5.18. The van der Waals surface area contributed by atoms with E-state index in [9.17, 15) is 0 Å². The van der Waals surface area contributed by atoms with Crippen molar-refractivity contribution in [1.82, 2.24) is 9.97 Å². The number of nitrogens with zero attached hydrogens (tertiary/aromatic N) is 2. The zero-order valence-corrected chi connectivity index (χ0v) is 24.6. The van der Waals surface area contributed by atoms with Crippen LogP contribution in [0.4, 0.5) is 0 Å². The fourth-order valence-corrected chi connectivity index (χ4v) is 6.87. The first-order valence-corrected chi connectivity index (χ1v) is 15.4. The lowest BCUT2D eigenvalue weighted by Gasteiger charge is -2.14. The Bertz CT molecular complexity index is 2450. The average molecular weight is 573 g/mol. The first-order chi connectivity index (χ1) is 22.3. The summed E-state index contributed by atoms with van der Waals surface area (Å²) in [5, 5.41) is 4.61. The summed E-state index contributed by atoms with van der Waals surface area (Å²) in [4.78, 5) is 9.83. The molecule has 1 aliphatic rings. The molecule has 0 aliphatic heterocycles. The van der Waals surface area contributed by atoms with Gasteiger partial charge in [-0.1, -0.05) is 127 Å². The van der Waals surface area contributed by atoms with Gasteiger partial charge >= 0.3 is 0 Å². The van der Waals surface area contributed by atoms with Gasteiger partial charge in [-0.15, -0.1) is 0 Å². The minimum absolute atomic E-state index is 0.937. The Hall–Kier alpha value is -5.86. The van der Waals surface area contributed by atoms with Crippen LogP contribution in [-0.4, -0.2) is 9.97 Å². The van der Waals surface area contributed by atoms with Gasteiger partial charge in [0.25, 0.3) is 0 Å². The van der Waals surface area contributed by atoms with E-state index in [4.69, 9.17) is 4.98 Å². The maximum absolute atomic E-state index is 5.17. The number of hydrogen-bond acceptors (Lipinski definition) is 2. The molecule has 0 unspecified atom stereocenters. The lowest BCUT2D eigenvalue weighted by atomic mass is 9.91. The topological polar surface area (TPSA) is 25.8 Å². The molecule has 6 aromatic carbocycles. The normalized spacial score (nSPS) is 12.5. The predicted octanol–water partition coefficient (Wildman–Crippen LogP) is 11.0. The zero-order valence-electron chi connectivity index (χ0n) is 24.6. The number of aromatic nitrogens is 2. The van der Waals surface area contributed by atoms with E-state index in [2.05, 4.69) is 151 Å². The van der Waals surface area contributed by atoms with Crippen LogP contribution in [0.5, 0.6) is 0 Å². The Morgan fingerprint density at radius 2 is 1.18 bits per heavy atom. The van der Waals surface area contributed by atoms with E-state index in [0.29, 0.717) is 0 Å². The van der Waals surface area contributed by atoms with Crippen LogP contribution in [0.25, 0.3) is 77.7 Å². The molecule has 2 heterocycles. The molecule has 0 spiro atoms. The van der Waals surface area contributed by atoms with E-state index in [1.54, 1.807) is 0 Å². The van der Waals surface area contributed by atoms with Crippen LogP contribution in [0.2, 0.25) is 0 Å². The van der Waals surface area contributed by atoms with Crippen molar-refractivity contribution in [3.05, 3.63) is 168 Å². The van der Waals surface area contributed by atoms with Crippen molar-refractivity contribution < 1.29 is 0 Å². The third-order valence-electron chi connectivity index (χ3n) is 9.14. The van der Waals surface area contributed by atoms with Crippen molar-refractivity contribution >= 4 is 44.2 Å². The van der Waals surface area contributed by atoms with Crippen molar-refractivity contribution in [2.45, 2.75) is 6.42 Å². The van der Waals surface area contributed by atoms with Gasteiger partial charge < -0.3 is 0 Å². The van der Waals surface area contributed by atoms with Crippen LogP contribution in [0, 0.1) is 0 Å². The van der Waals surface area contributed by atoms with Gasteiger partial charge in [0.2, 0.25) is 0 Å². The van der Waals surface area contributed by atoms with Gasteiger partial charge in [0, 0.05) is 22.5 Å². The van der Waals surface area contributed by atoms with E-state index in [1.807, 2.05) is 12.3 Å². The van der Waals surface area contributed by atoms with Crippen LogP contribution in [0.1, 0.15) is 16.7 Å². The van der Waals surface area contributed by atoms with Gasteiger partial charge in [0.05, 0.1) is 16.7 Å². The number of benzene rings is 6. The van der Waals surface area contributed by atoms with E-state index in [0.717, 1.165) is 39.5 Å². The monoisotopic (exact) mass is 572 g/mol. The van der Waals surface area contributed by atoms with Gasteiger partial charge in [-0.2, -0.15) is 0 Å². The molecular weight excluding hydrogens is 544 g/mol. The minimum atomic E-state index is 0.937. The molecule has 45 heavy (non-hydrogen) atoms. The second-order valence-electron chi connectivity index (χ2n) is 11.8. The Morgan fingerprint density at radius 3 is 2.07 bits per heavy atom. The van der Waals surface area contributed by atoms with Crippen molar-refractivity contribution in [3.8, 4) is 33.5 Å². The van der Waals surface area contributed by atoms with E-state index in [1.165, 1.54) is 55.3 Å². The molecule has 0 saturated heterocycles. The molecule has 0 saturated carbocycles. The summed E-state index contributed by atoms with van der Waals surface area (Å²) in [5.41, 5.74) is 14.2. The molecule has 0 amide bonds. The highest BCUT2D eigenvalue weighted by atomic mass is 14.8. The Labute approximate surface area is 262 Å². The zero-order chi connectivity index (χ0) is 29.7. The summed E-state index contributed by atoms with van der Waals surface area (Å²) < 4.78 is 0. The molecule has 0 radical (unpaired) electrons. The van der Waals surface area contributed by atoms with Gasteiger partial charge in [-0.3, -0.25) is 4.98 Å². The van der Waals surface area contributed by atoms with Gasteiger partial charge in [-0.05, 0) is 86.0 Å². The highest BCUT2D eigenvalue weighted by Gasteiger charge is 2.16. The number of pyridine rings is 2. The second-order valence-corrected chi connectivity index (χ2v) is 11.8. The van der Waals surface area contributed by atoms with E-state index < -0.39 is 0 Å². The maximum Gasteiger partial charge on any atom is 0.0972 e. The summed E-state index contributed by atoms with van der Waals surface area (Å²) >= 11 is 0. The molecular formula is C43H28N2. The third-order valence-corrected chi connectivity index (χ3v) is 9.14. The number of allylic oxidation sites excluding steroid dienone is 1. The highest BCUT2D eigenvalue weighted by Crippen LogP contribution is 2.39. The molecule has 0 bridgehead atoms. The summed E-state index contributed by atoms with van der Waals surface area (Å²) in [5.74, 6) is 0. The van der Waals surface area contributed by atoms with E-state index in [-0.39, 0.29) is 0 Å². The summed E-state index contributed by atoms with van der Waals surface area (Å²) in [6, 6.07) is 52.3. The van der Waals surface area contributed by atoms with Crippen LogP contribution in [0.3, 0.4) is 0 Å². The Balaban J connectivity index is 1.12. The third kappa shape index (κ3) is 4.42. The van der Waals surface area contributed by atoms with Crippen LogP contribution in [-0.2, 0) is 6.42 Å². The van der Waals surface area contributed by atoms with Crippen LogP contribution >= 0.6 is 0 Å². The largest absolute Gasteiger partial charge is 0.254 e. The van der Waals surface area contributed by atoms with Crippen molar-refractivity contribution in [1.29, 1.82) is 0 Å². The van der Waals surface area contributed by atoms with Crippen LogP contribution in [0.15, 0.2) is 152 Å². The fraction of sp³-hybridized carbons (Fsp3) is 0.0233. The molecule has 2 aromatic heterocycles. The molecule has 2 nitrogen and oxygen atoms in total. The smallest absolute Gasteiger partial charge is 0.0972 e. The first kappa shape index (κ1) is 25.6. The molecule has 0 fully saturated rings. The minimum Gasteiger partial charge on any atom is -0.254 e. The van der Waals surface area contributed by atoms with Gasteiger partial charge in [0.15, 0.2) is 0 Å². The molecule has 0 N–H and O–H groups in total. The number of fused-ring (bicyclic) bond motifs is 5. The summed E-state index contributed by atoms with van der Waals surface area (Å²) in [7, 11) is 0. The number of rotatable bonds is 4. The van der Waals surface area contributed by atoms with Crippen molar-refractivity contribution in [2.75, 3.05) is 0 Å².